The van der Waals surface area contributed by atoms with Crippen molar-refractivity contribution in [1.29, 1.82) is 0 Å². The van der Waals surface area contributed by atoms with Crippen molar-refractivity contribution < 1.29 is 9.47 Å². The van der Waals surface area contributed by atoms with Gasteiger partial charge in [-0.1, -0.05) is 30.3 Å². The summed E-state index contributed by atoms with van der Waals surface area (Å²) in [5, 5.41) is 3.13. The highest BCUT2D eigenvalue weighted by Gasteiger charge is 2.05. The Balaban J connectivity index is 0.00000300. The highest BCUT2D eigenvalue weighted by molar-refractivity contribution is 14.0. The smallest absolute Gasteiger partial charge is 0.189 e. The lowest BCUT2D eigenvalue weighted by Crippen LogP contribution is -2.31. The van der Waals surface area contributed by atoms with Gasteiger partial charge in [0.25, 0.3) is 0 Å². The molecule has 2 aromatic carbocycles. The largest absolute Gasteiger partial charge is 0.493 e. The Morgan fingerprint density at radius 1 is 1.07 bits per heavy atom. The number of aliphatic imine (C=N–C) groups is 1. The van der Waals surface area contributed by atoms with E-state index >= 15 is 0 Å². The first-order valence-electron chi connectivity index (χ1n) is 8.96. The van der Waals surface area contributed by atoms with Crippen LogP contribution in [0.3, 0.4) is 0 Å². The first kappa shape index (κ1) is 22.5. The van der Waals surface area contributed by atoms with Crippen LogP contribution in [0.1, 0.15) is 16.7 Å². The molecule has 0 radical (unpaired) electrons. The zero-order valence-corrected chi connectivity index (χ0v) is 18.9. The number of halogens is 1. The van der Waals surface area contributed by atoms with Crippen LogP contribution in [0.15, 0.2) is 66.2 Å². The van der Waals surface area contributed by atoms with Crippen molar-refractivity contribution >= 4 is 29.9 Å². The molecule has 0 bridgehead atoms. The van der Waals surface area contributed by atoms with E-state index in [1.54, 1.807) is 26.7 Å². The average molecular weight is 507 g/mol. The molecule has 0 saturated heterocycles. The second-order valence-electron chi connectivity index (χ2n) is 6.30. The second-order valence-corrected chi connectivity index (χ2v) is 6.30. The number of methoxy groups -OCH3 is 2. The molecule has 0 spiro atoms. The second kappa shape index (κ2) is 11.3. The SMILES string of the molecule is COc1ccc(CNC(N)=NCc2cccc(Cn3ccnc3)c2)cc1OC.I. The summed E-state index contributed by atoms with van der Waals surface area (Å²) in [5.74, 6) is 1.78. The van der Waals surface area contributed by atoms with Gasteiger partial charge in [-0.15, -0.1) is 24.0 Å². The van der Waals surface area contributed by atoms with E-state index in [0.717, 1.165) is 17.7 Å². The van der Waals surface area contributed by atoms with Crippen molar-refractivity contribution in [2.45, 2.75) is 19.6 Å². The van der Waals surface area contributed by atoms with Crippen LogP contribution in [0.5, 0.6) is 11.5 Å². The Morgan fingerprint density at radius 3 is 2.59 bits per heavy atom. The molecular formula is C21H26IN5O2. The van der Waals surface area contributed by atoms with Crippen LogP contribution in [-0.4, -0.2) is 29.7 Å². The molecule has 3 aromatic rings. The molecule has 7 nitrogen and oxygen atoms in total. The number of hydrogen-bond donors (Lipinski definition) is 2. The lowest BCUT2D eigenvalue weighted by Gasteiger charge is -2.11. The summed E-state index contributed by atoms with van der Waals surface area (Å²) in [4.78, 5) is 8.50. The van der Waals surface area contributed by atoms with E-state index in [4.69, 9.17) is 15.2 Å². The van der Waals surface area contributed by atoms with Crippen molar-refractivity contribution in [2.24, 2.45) is 10.7 Å². The maximum Gasteiger partial charge on any atom is 0.189 e. The molecule has 0 fully saturated rings. The van der Waals surface area contributed by atoms with E-state index in [1.807, 2.05) is 41.1 Å². The maximum absolute atomic E-state index is 6.01. The summed E-state index contributed by atoms with van der Waals surface area (Å²) in [6, 6.07) is 14.0. The highest BCUT2D eigenvalue weighted by Crippen LogP contribution is 2.27. The monoisotopic (exact) mass is 507 g/mol. The van der Waals surface area contributed by atoms with Gasteiger partial charge in [-0.2, -0.15) is 0 Å². The predicted molar refractivity (Wildman–Crippen MR) is 125 cm³/mol. The quantitative estimate of drug-likeness (QED) is 0.278. The molecule has 29 heavy (non-hydrogen) atoms. The number of aromatic nitrogens is 2. The third kappa shape index (κ3) is 6.67. The number of nitrogens with one attached hydrogen (secondary N) is 1. The van der Waals surface area contributed by atoms with Gasteiger partial charge in [-0.25, -0.2) is 9.98 Å². The van der Waals surface area contributed by atoms with Crippen LogP contribution in [0.2, 0.25) is 0 Å². The van der Waals surface area contributed by atoms with Gasteiger partial charge in [0.2, 0.25) is 0 Å². The normalized spacial score (nSPS) is 10.9. The van der Waals surface area contributed by atoms with Gasteiger partial charge in [0.1, 0.15) is 0 Å². The molecular weight excluding hydrogens is 481 g/mol. The fourth-order valence-corrected chi connectivity index (χ4v) is 2.83. The van der Waals surface area contributed by atoms with Crippen molar-refractivity contribution in [3.63, 3.8) is 0 Å². The van der Waals surface area contributed by atoms with Gasteiger partial charge in [0, 0.05) is 25.5 Å². The van der Waals surface area contributed by atoms with E-state index in [-0.39, 0.29) is 24.0 Å². The summed E-state index contributed by atoms with van der Waals surface area (Å²) < 4.78 is 12.6. The lowest BCUT2D eigenvalue weighted by molar-refractivity contribution is 0.354. The number of nitrogens with zero attached hydrogens (tertiary/aromatic N) is 3. The van der Waals surface area contributed by atoms with Gasteiger partial charge in [0.05, 0.1) is 27.1 Å². The van der Waals surface area contributed by atoms with Crippen LogP contribution >= 0.6 is 24.0 Å². The average Bonchev–Trinajstić information content (AvgIpc) is 3.23. The van der Waals surface area contributed by atoms with Crippen LogP contribution in [-0.2, 0) is 19.6 Å². The van der Waals surface area contributed by atoms with Gasteiger partial charge in [-0.05, 0) is 28.8 Å². The van der Waals surface area contributed by atoms with E-state index in [0.29, 0.717) is 30.5 Å². The summed E-state index contributed by atoms with van der Waals surface area (Å²) in [5.41, 5.74) is 9.34. The van der Waals surface area contributed by atoms with E-state index in [1.165, 1.54) is 5.56 Å². The number of hydrogen-bond acceptors (Lipinski definition) is 4. The first-order valence-corrected chi connectivity index (χ1v) is 8.96. The standard InChI is InChI=1S/C21H25N5O2.HI/c1-27-19-7-6-17(11-20(19)28-2)13-25-21(22)24-12-16-4-3-5-18(10-16)14-26-9-8-23-15-26;/h3-11,15H,12-14H2,1-2H3,(H3,22,24,25);1H. The Bertz CT molecular complexity index is 929. The molecule has 0 aliphatic heterocycles. The summed E-state index contributed by atoms with van der Waals surface area (Å²) in [6.07, 6.45) is 5.53. The summed E-state index contributed by atoms with van der Waals surface area (Å²) in [6.45, 7) is 1.85. The van der Waals surface area contributed by atoms with Gasteiger partial charge >= 0.3 is 0 Å². The topological polar surface area (TPSA) is 86.7 Å². The van der Waals surface area contributed by atoms with Crippen molar-refractivity contribution in [3.8, 4) is 11.5 Å². The van der Waals surface area contributed by atoms with Crippen LogP contribution in [0.4, 0.5) is 0 Å². The number of benzene rings is 2. The van der Waals surface area contributed by atoms with E-state index in [2.05, 4.69) is 27.4 Å². The third-order valence-corrected chi connectivity index (χ3v) is 4.27. The fraction of sp³-hybridized carbons (Fsp3) is 0.238. The number of ether oxygens (including phenoxy) is 2. The molecule has 1 heterocycles. The van der Waals surface area contributed by atoms with Gasteiger partial charge in [0.15, 0.2) is 17.5 Å². The Morgan fingerprint density at radius 2 is 1.86 bits per heavy atom. The van der Waals surface area contributed by atoms with E-state index < -0.39 is 0 Å². The molecule has 1 aromatic heterocycles. The van der Waals surface area contributed by atoms with Crippen molar-refractivity contribution in [2.75, 3.05) is 14.2 Å². The number of rotatable bonds is 8. The minimum atomic E-state index is 0. The van der Waals surface area contributed by atoms with Crippen LogP contribution in [0.25, 0.3) is 0 Å². The van der Waals surface area contributed by atoms with Crippen LogP contribution in [0, 0.1) is 0 Å². The summed E-state index contributed by atoms with van der Waals surface area (Å²) >= 11 is 0. The molecule has 0 saturated carbocycles. The number of imidazole rings is 1. The van der Waals surface area contributed by atoms with Crippen molar-refractivity contribution in [3.05, 3.63) is 77.9 Å². The zero-order valence-electron chi connectivity index (χ0n) is 16.5. The Kier molecular flexibility index (Phi) is 8.78. The zero-order chi connectivity index (χ0) is 19.8. The lowest BCUT2D eigenvalue weighted by atomic mass is 10.1. The highest BCUT2D eigenvalue weighted by atomic mass is 127. The van der Waals surface area contributed by atoms with Gasteiger partial charge < -0.3 is 25.1 Å². The van der Waals surface area contributed by atoms with Gasteiger partial charge in [-0.3, -0.25) is 0 Å². The molecule has 154 valence electrons. The first-order chi connectivity index (χ1) is 13.7. The molecule has 0 aliphatic carbocycles. The molecule has 0 aliphatic rings. The van der Waals surface area contributed by atoms with Crippen molar-refractivity contribution in [1.82, 2.24) is 14.9 Å². The molecule has 0 atom stereocenters. The number of nitrogens with two attached hydrogens (primary N) is 1. The molecule has 3 rings (SSSR count). The van der Waals surface area contributed by atoms with E-state index in [9.17, 15) is 0 Å². The van der Waals surface area contributed by atoms with Crippen LogP contribution < -0.4 is 20.5 Å². The summed E-state index contributed by atoms with van der Waals surface area (Å²) in [7, 11) is 3.23. The molecule has 0 unspecified atom stereocenters. The predicted octanol–water partition coefficient (Wildman–Crippen LogP) is 3.17. The maximum atomic E-state index is 6.01. The minimum absolute atomic E-state index is 0. The fourth-order valence-electron chi connectivity index (χ4n) is 2.83. The molecule has 0 amide bonds. The third-order valence-electron chi connectivity index (χ3n) is 4.27. The Labute approximate surface area is 188 Å². The minimum Gasteiger partial charge on any atom is -0.493 e. The molecule has 3 N–H and O–H groups in total. The number of guanidine groups is 1. The molecule has 8 heteroatoms. The Hall–Kier alpha value is -2.75.